The van der Waals surface area contributed by atoms with Gasteiger partial charge in [0.25, 0.3) is 0 Å². The third-order valence-electron chi connectivity index (χ3n) is 6.19. The van der Waals surface area contributed by atoms with Crippen molar-refractivity contribution in [3.05, 3.63) is 108 Å². The molecule has 1 atom stereocenters. The van der Waals surface area contributed by atoms with Gasteiger partial charge in [-0.15, -0.1) is 0 Å². The molecule has 172 valence electrons. The fourth-order valence-electron chi connectivity index (χ4n) is 4.41. The molecule has 33 heavy (non-hydrogen) atoms. The van der Waals surface area contributed by atoms with Gasteiger partial charge in [0.05, 0.1) is 0 Å². The summed E-state index contributed by atoms with van der Waals surface area (Å²) in [4.78, 5) is 17.4. The first-order valence-electron chi connectivity index (χ1n) is 11.7. The number of ether oxygens (including phenoxy) is 1. The van der Waals surface area contributed by atoms with Gasteiger partial charge in [0.1, 0.15) is 12.7 Å². The topological polar surface area (TPSA) is 44.8 Å². The van der Waals surface area contributed by atoms with Crippen molar-refractivity contribution in [3.63, 3.8) is 0 Å². The highest BCUT2D eigenvalue weighted by atomic mass is 16.5. The standard InChI is InChI=1S/C28H33N3O2/c1-30-19-20-31(26(21-30)23-11-5-2-6-12-23)18-17-29-27(32)22-33-28(24-13-7-3-8-14-24)25-15-9-4-10-16-25/h2-16,26,28H,17-22H2,1H3,(H,29,32)/t26-/m1/s1. The van der Waals surface area contributed by atoms with Gasteiger partial charge in [-0.25, -0.2) is 0 Å². The second-order valence-electron chi connectivity index (χ2n) is 8.59. The third kappa shape index (κ3) is 6.51. The Labute approximate surface area is 197 Å². The van der Waals surface area contributed by atoms with Crippen LogP contribution in [0.25, 0.3) is 0 Å². The highest BCUT2D eigenvalue weighted by molar-refractivity contribution is 5.77. The summed E-state index contributed by atoms with van der Waals surface area (Å²) in [6, 6.07) is 31.1. The largest absolute Gasteiger partial charge is 0.359 e. The second-order valence-corrected chi connectivity index (χ2v) is 8.59. The molecule has 0 saturated carbocycles. The molecule has 1 fully saturated rings. The summed E-state index contributed by atoms with van der Waals surface area (Å²) in [7, 11) is 2.17. The summed E-state index contributed by atoms with van der Waals surface area (Å²) < 4.78 is 6.09. The second kappa shape index (κ2) is 11.8. The average molecular weight is 444 g/mol. The Morgan fingerprint density at radius 1 is 0.909 bits per heavy atom. The van der Waals surface area contributed by atoms with Gasteiger partial charge in [-0.2, -0.15) is 0 Å². The number of carbonyl (C=O) groups excluding carboxylic acids is 1. The quantitative estimate of drug-likeness (QED) is 0.545. The van der Waals surface area contributed by atoms with Crippen LogP contribution in [0, 0.1) is 0 Å². The van der Waals surface area contributed by atoms with Gasteiger partial charge in [0.2, 0.25) is 5.91 Å². The average Bonchev–Trinajstić information content (AvgIpc) is 2.87. The highest BCUT2D eigenvalue weighted by Gasteiger charge is 2.26. The number of nitrogens with one attached hydrogen (secondary N) is 1. The normalized spacial score (nSPS) is 17.2. The SMILES string of the molecule is CN1CCN(CCNC(=O)COC(c2ccccc2)c2ccccc2)[C@@H](c2ccccc2)C1. The predicted octanol–water partition coefficient (Wildman–Crippen LogP) is 3.90. The number of nitrogens with zero attached hydrogens (tertiary/aromatic N) is 2. The van der Waals surface area contributed by atoms with E-state index >= 15 is 0 Å². The minimum absolute atomic E-state index is 0.0271. The third-order valence-corrected chi connectivity index (χ3v) is 6.19. The summed E-state index contributed by atoms with van der Waals surface area (Å²) in [5, 5.41) is 3.05. The molecule has 0 radical (unpaired) electrons. The molecule has 1 aliphatic rings. The maximum atomic E-state index is 12.6. The fourth-order valence-corrected chi connectivity index (χ4v) is 4.41. The minimum Gasteiger partial charge on any atom is -0.359 e. The summed E-state index contributed by atoms with van der Waals surface area (Å²) in [5.74, 6) is -0.0859. The van der Waals surface area contributed by atoms with Crippen LogP contribution in [-0.4, -0.2) is 62.1 Å². The van der Waals surface area contributed by atoms with E-state index < -0.39 is 0 Å². The number of hydrogen-bond acceptors (Lipinski definition) is 4. The molecule has 0 spiro atoms. The smallest absolute Gasteiger partial charge is 0.246 e. The molecule has 1 N–H and O–H groups in total. The molecule has 1 heterocycles. The van der Waals surface area contributed by atoms with E-state index in [1.54, 1.807) is 0 Å². The van der Waals surface area contributed by atoms with E-state index in [9.17, 15) is 4.79 Å². The monoisotopic (exact) mass is 443 g/mol. The van der Waals surface area contributed by atoms with Crippen molar-refractivity contribution in [2.75, 3.05) is 46.4 Å². The van der Waals surface area contributed by atoms with Crippen LogP contribution in [-0.2, 0) is 9.53 Å². The molecule has 5 nitrogen and oxygen atoms in total. The number of benzene rings is 3. The molecule has 0 aromatic heterocycles. The van der Waals surface area contributed by atoms with E-state index in [2.05, 4.69) is 52.5 Å². The molecule has 1 aliphatic heterocycles. The van der Waals surface area contributed by atoms with Crippen LogP contribution in [0.15, 0.2) is 91.0 Å². The van der Waals surface area contributed by atoms with Crippen LogP contribution in [0.3, 0.4) is 0 Å². The van der Waals surface area contributed by atoms with Crippen molar-refractivity contribution < 1.29 is 9.53 Å². The molecule has 1 amide bonds. The molecular formula is C28H33N3O2. The zero-order valence-corrected chi connectivity index (χ0v) is 19.3. The first kappa shape index (κ1) is 23.2. The zero-order chi connectivity index (χ0) is 22.9. The lowest BCUT2D eigenvalue weighted by molar-refractivity contribution is -0.127. The van der Waals surface area contributed by atoms with Crippen molar-refractivity contribution in [1.82, 2.24) is 15.1 Å². The fraction of sp³-hybridized carbons (Fsp3) is 0.321. The highest BCUT2D eigenvalue weighted by Crippen LogP contribution is 2.26. The van der Waals surface area contributed by atoms with Crippen molar-refractivity contribution in [1.29, 1.82) is 0 Å². The Morgan fingerprint density at radius 3 is 2.09 bits per heavy atom. The van der Waals surface area contributed by atoms with E-state index in [1.807, 2.05) is 60.7 Å². The lowest BCUT2D eigenvalue weighted by atomic mass is 10.0. The number of likely N-dealkylation sites (N-methyl/N-ethyl adjacent to an activating group) is 1. The van der Waals surface area contributed by atoms with Crippen LogP contribution >= 0.6 is 0 Å². The predicted molar refractivity (Wildman–Crippen MR) is 132 cm³/mol. The van der Waals surface area contributed by atoms with E-state index in [0.29, 0.717) is 12.6 Å². The molecule has 5 heteroatoms. The van der Waals surface area contributed by atoms with E-state index in [4.69, 9.17) is 4.74 Å². The molecule has 0 bridgehead atoms. The summed E-state index contributed by atoms with van der Waals surface area (Å²) in [6.07, 6.45) is -0.266. The van der Waals surface area contributed by atoms with E-state index in [0.717, 1.165) is 37.3 Å². The Hall–Kier alpha value is -2.99. The number of carbonyl (C=O) groups is 1. The molecule has 3 aromatic rings. The molecule has 0 aliphatic carbocycles. The number of piperazine rings is 1. The van der Waals surface area contributed by atoms with Crippen LogP contribution < -0.4 is 5.32 Å². The van der Waals surface area contributed by atoms with Gasteiger partial charge in [-0.1, -0.05) is 91.0 Å². The van der Waals surface area contributed by atoms with Crippen molar-refractivity contribution in [3.8, 4) is 0 Å². The lowest BCUT2D eigenvalue weighted by Gasteiger charge is -2.40. The first-order valence-corrected chi connectivity index (χ1v) is 11.7. The number of amides is 1. The van der Waals surface area contributed by atoms with Crippen molar-refractivity contribution in [2.24, 2.45) is 0 Å². The number of hydrogen-bond donors (Lipinski definition) is 1. The van der Waals surface area contributed by atoms with Gasteiger partial charge in [-0.3, -0.25) is 9.69 Å². The maximum Gasteiger partial charge on any atom is 0.246 e. The number of rotatable bonds is 9. The zero-order valence-electron chi connectivity index (χ0n) is 19.3. The van der Waals surface area contributed by atoms with Crippen molar-refractivity contribution >= 4 is 5.91 Å². The Bertz CT molecular complexity index is 942. The Morgan fingerprint density at radius 2 is 1.48 bits per heavy atom. The molecule has 4 rings (SSSR count). The summed E-state index contributed by atoms with van der Waals surface area (Å²) in [6.45, 7) is 4.48. The Kier molecular flexibility index (Phi) is 8.25. The summed E-state index contributed by atoms with van der Waals surface area (Å²) >= 11 is 0. The van der Waals surface area contributed by atoms with Crippen molar-refractivity contribution in [2.45, 2.75) is 12.1 Å². The van der Waals surface area contributed by atoms with Crippen LogP contribution in [0.5, 0.6) is 0 Å². The van der Waals surface area contributed by atoms with E-state index in [1.165, 1.54) is 5.56 Å². The maximum absolute atomic E-state index is 12.6. The molecular weight excluding hydrogens is 410 g/mol. The lowest BCUT2D eigenvalue weighted by Crippen LogP contribution is -2.49. The van der Waals surface area contributed by atoms with Gasteiger partial charge in [0, 0.05) is 38.8 Å². The molecule has 3 aromatic carbocycles. The van der Waals surface area contributed by atoms with Gasteiger partial charge in [-0.05, 0) is 23.7 Å². The molecule has 1 saturated heterocycles. The minimum atomic E-state index is -0.266. The van der Waals surface area contributed by atoms with Gasteiger partial charge >= 0.3 is 0 Å². The van der Waals surface area contributed by atoms with Gasteiger partial charge < -0.3 is 15.0 Å². The van der Waals surface area contributed by atoms with Crippen LogP contribution in [0.2, 0.25) is 0 Å². The van der Waals surface area contributed by atoms with Gasteiger partial charge in [0.15, 0.2) is 0 Å². The molecule has 0 unspecified atom stereocenters. The Balaban J connectivity index is 1.30. The first-order chi connectivity index (χ1) is 16.2. The van der Waals surface area contributed by atoms with Crippen LogP contribution in [0.1, 0.15) is 28.8 Å². The van der Waals surface area contributed by atoms with E-state index in [-0.39, 0.29) is 18.6 Å². The summed E-state index contributed by atoms with van der Waals surface area (Å²) in [5.41, 5.74) is 3.41. The van der Waals surface area contributed by atoms with Crippen LogP contribution in [0.4, 0.5) is 0 Å².